The lowest BCUT2D eigenvalue weighted by Crippen LogP contribution is -2.29. The second-order valence-electron chi connectivity index (χ2n) is 5.11. The molecule has 114 valence electrons. The Morgan fingerprint density at radius 2 is 2.24 bits per heavy atom. The Kier molecular flexibility index (Phi) is 4.84. The number of hydrogen-bond donors (Lipinski definition) is 1. The van der Waals surface area contributed by atoms with E-state index < -0.39 is 5.97 Å². The van der Waals surface area contributed by atoms with Gasteiger partial charge in [-0.3, -0.25) is 4.79 Å². The topological polar surface area (TPSA) is 58.4 Å². The van der Waals surface area contributed by atoms with E-state index in [4.69, 9.17) is 5.11 Å². The van der Waals surface area contributed by atoms with Crippen molar-refractivity contribution in [2.24, 2.45) is 0 Å². The highest BCUT2D eigenvalue weighted by atomic mass is 32.2. The van der Waals surface area contributed by atoms with Crippen LogP contribution in [0.3, 0.4) is 0 Å². The largest absolute Gasteiger partial charge is 0.481 e. The first kappa shape index (κ1) is 15.8. The van der Waals surface area contributed by atoms with Gasteiger partial charge in [0.2, 0.25) is 0 Å². The molecule has 1 aromatic carbocycles. The van der Waals surface area contributed by atoms with Crippen LogP contribution in [0.5, 0.6) is 0 Å². The van der Waals surface area contributed by atoms with Gasteiger partial charge < -0.3 is 14.6 Å². The summed E-state index contributed by atoms with van der Waals surface area (Å²) in [7, 11) is 3.93. The fraction of sp³-hybridized carbons (Fsp3) is 0.429. The Morgan fingerprint density at radius 1 is 1.52 bits per heavy atom. The van der Waals surface area contributed by atoms with Crippen molar-refractivity contribution in [2.45, 2.75) is 24.7 Å². The number of carbonyl (C=O) groups is 1. The minimum Gasteiger partial charge on any atom is -0.481 e. The summed E-state index contributed by atoms with van der Waals surface area (Å²) < 4.78 is 15.7. The average Bonchev–Trinajstić information content (AvgIpc) is 2.76. The monoisotopic (exact) mass is 311 g/mol. The van der Waals surface area contributed by atoms with E-state index >= 15 is 0 Å². The molecule has 0 bridgehead atoms. The number of likely N-dealkylation sites (N-methyl/N-ethyl adjacent to an activating group) is 1. The van der Waals surface area contributed by atoms with Gasteiger partial charge in [0.15, 0.2) is 11.0 Å². The molecule has 5 nitrogen and oxygen atoms in total. The molecule has 1 heterocycles. The SMILES string of the molecule is CC(Cn1c(SCC(=O)O)nc2c(F)cccc21)N(C)C. The minimum atomic E-state index is -0.917. The van der Waals surface area contributed by atoms with E-state index in [0.29, 0.717) is 17.2 Å². The molecule has 0 spiro atoms. The molecule has 0 fully saturated rings. The molecule has 1 unspecified atom stereocenters. The first-order valence-corrected chi connectivity index (χ1v) is 7.54. The Balaban J connectivity index is 2.44. The predicted molar refractivity (Wildman–Crippen MR) is 81.2 cm³/mol. The number of fused-ring (bicyclic) bond motifs is 1. The van der Waals surface area contributed by atoms with Crippen LogP contribution in [0.15, 0.2) is 23.4 Å². The highest BCUT2D eigenvalue weighted by molar-refractivity contribution is 7.99. The van der Waals surface area contributed by atoms with E-state index in [-0.39, 0.29) is 23.1 Å². The zero-order valence-electron chi connectivity index (χ0n) is 12.2. The van der Waals surface area contributed by atoms with Crippen molar-refractivity contribution >= 4 is 28.8 Å². The van der Waals surface area contributed by atoms with Gasteiger partial charge in [0, 0.05) is 12.6 Å². The molecule has 0 saturated heterocycles. The molecule has 0 aliphatic rings. The van der Waals surface area contributed by atoms with Crippen molar-refractivity contribution in [3.63, 3.8) is 0 Å². The normalized spacial score (nSPS) is 13.0. The Hall–Kier alpha value is -1.60. The molecule has 2 rings (SSSR count). The number of carboxylic acid groups (broad SMARTS) is 1. The van der Waals surface area contributed by atoms with Gasteiger partial charge in [0.1, 0.15) is 5.52 Å². The first-order valence-electron chi connectivity index (χ1n) is 6.56. The Labute approximate surface area is 126 Å². The molecule has 21 heavy (non-hydrogen) atoms. The maximum atomic E-state index is 13.9. The zero-order valence-corrected chi connectivity index (χ0v) is 13.0. The van der Waals surface area contributed by atoms with Gasteiger partial charge >= 0.3 is 5.97 Å². The highest BCUT2D eigenvalue weighted by Crippen LogP contribution is 2.26. The second-order valence-corrected chi connectivity index (χ2v) is 6.05. The fourth-order valence-electron chi connectivity index (χ4n) is 1.93. The third-order valence-corrected chi connectivity index (χ3v) is 4.31. The molecule has 0 saturated carbocycles. The van der Waals surface area contributed by atoms with Crippen molar-refractivity contribution in [1.29, 1.82) is 0 Å². The zero-order chi connectivity index (χ0) is 15.6. The molecule has 7 heteroatoms. The third kappa shape index (κ3) is 3.54. The molecule has 2 aromatic rings. The molecular formula is C14H18FN3O2S. The number of para-hydroxylation sites is 1. The highest BCUT2D eigenvalue weighted by Gasteiger charge is 2.17. The summed E-state index contributed by atoms with van der Waals surface area (Å²) in [6.07, 6.45) is 0. The summed E-state index contributed by atoms with van der Waals surface area (Å²) in [6, 6.07) is 5.02. The summed E-state index contributed by atoms with van der Waals surface area (Å²) in [4.78, 5) is 17.1. The van der Waals surface area contributed by atoms with Crippen molar-refractivity contribution in [3.05, 3.63) is 24.0 Å². The molecule has 0 radical (unpaired) electrons. The van der Waals surface area contributed by atoms with E-state index in [9.17, 15) is 9.18 Å². The van der Waals surface area contributed by atoms with Crippen LogP contribution in [-0.4, -0.2) is 51.4 Å². The number of rotatable bonds is 6. The third-order valence-electron chi connectivity index (χ3n) is 3.35. The van der Waals surface area contributed by atoms with E-state index in [1.165, 1.54) is 6.07 Å². The van der Waals surface area contributed by atoms with E-state index in [0.717, 1.165) is 11.8 Å². The number of hydrogen-bond acceptors (Lipinski definition) is 4. The smallest absolute Gasteiger partial charge is 0.313 e. The fourth-order valence-corrected chi connectivity index (χ4v) is 2.67. The molecule has 0 amide bonds. The molecule has 1 aromatic heterocycles. The number of thioether (sulfide) groups is 1. The number of aromatic nitrogens is 2. The van der Waals surface area contributed by atoms with Crippen LogP contribution in [0.1, 0.15) is 6.92 Å². The maximum Gasteiger partial charge on any atom is 0.313 e. The van der Waals surface area contributed by atoms with Crippen LogP contribution >= 0.6 is 11.8 Å². The molecular weight excluding hydrogens is 293 g/mol. The van der Waals surface area contributed by atoms with Crippen molar-refractivity contribution in [3.8, 4) is 0 Å². The van der Waals surface area contributed by atoms with Gasteiger partial charge in [-0.2, -0.15) is 0 Å². The summed E-state index contributed by atoms with van der Waals surface area (Å²) in [5.74, 6) is -1.40. The number of halogens is 1. The Bertz CT molecular complexity index is 657. The van der Waals surface area contributed by atoms with Gasteiger partial charge in [-0.25, -0.2) is 9.37 Å². The second kappa shape index (κ2) is 6.44. The van der Waals surface area contributed by atoms with Crippen LogP contribution in [-0.2, 0) is 11.3 Å². The lowest BCUT2D eigenvalue weighted by atomic mass is 10.2. The van der Waals surface area contributed by atoms with Crippen LogP contribution in [0.2, 0.25) is 0 Å². The van der Waals surface area contributed by atoms with Crippen molar-refractivity contribution in [1.82, 2.24) is 14.5 Å². The van der Waals surface area contributed by atoms with E-state index in [1.54, 1.807) is 12.1 Å². The maximum absolute atomic E-state index is 13.9. The lowest BCUT2D eigenvalue weighted by Gasteiger charge is -2.21. The van der Waals surface area contributed by atoms with E-state index in [2.05, 4.69) is 16.8 Å². The molecule has 1 atom stereocenters. The first-order chi connectivity index (χ1) is 9.90. The van der Waals surface area contributed by atoms with Crippen LogP contribution in [0, 0.1) is 5.82 Å². The van der Waals surface area contributed by atoms with Gasteiger partial charge in [-0.15, -0.1) is 0 Å². The quantitative estimate of drug-likeness (QED) is 0.830. The van der Waals surface area contributed by atoms with Gasteiger partial charge in [0.25, 0.3) is 0 Å². The van der Waals surface area contributed by atoms with Crippen LogP contribution < -0.4 is 0 Å². The van der Waals surface area contributed by atoms with Crippen LogP contribution in [0.4, 0.5) is 4.39 Å². The number of nitrogens with zero attached hydrogens (tertiary/aromatic N) is 3. The summed E-state index contributed by atoms with van der Waals surface area (Å²) in [5.41, 5.74) is 0.980. The van der Waals surface area contributed by atoms with Crippen molar-refractivity contribution < 1.29 is 14.3 Å². The van der Waals surface area contributed by atoms with Gasteiger partial charge in [0.05, 0.1) is 11.3 Å². The number of aliphatic carboxylic acids is 1. The number of benzene rings is 1. The lowest BCUT2D eigenvalue weighted by molar-refractivity contribution is -0.133. The van der Waals surface area contributed by atoms with Gasteiger partial charge in [-0.05, 0) is 33.2 Å². The number of imidazole rings is 1. The van der Waals surface area contributed by atoms with Crippen molar-refractivity contribution in [2.75, 3.05) is 19.8 Å². The number of carboxylic acids is 1. The molecule has 0 aliphatic heterocycles. The van der Waals surface area contributed by atoms with E-state index in [1.807, 2.05) is 18.7 Å². The summed E-state index contributed by atoms with van der Waals surface area (Å²) in [6.45, 7) is 2.67. The predicted octanol–water partition coefficient (Wildman–Crippen LogP) is 2.30. The Morgan fingerprint density at radius 3 is 2.86 bits per heavy atom. The standard InChI is InChI=1S/C14H18FN3O2S/c1-9(17(2)3)7-18-11-6-4-5-10(15)13(11)16-14(18)21-8-12(19)20/h4-6,9H,7-8H2,1-3H3,(H,19,20). The average molecular weight is 311 g/mol. The minimum absolute atomic E-state index is 0.0959. The summed E-state index contributed by atoms with van der Waals surface area (Å²) >= 11 is 1.11. The summed E-state index contributed by atoms with van der Waals surface area (Å²) in [5, 5.41) is 9.36. The van der Waals surface area contributed by atoms with Gasteiger partial charge in [-0.1, -0.05) is 17.8 Å². The molecule has 1 N–H and O–H groups in total. The molecule has 0 aliphatic carbocycles. The van der Waals surface area contributed by atoms with Crippen LogP contribution in [0.25, 0.3) is 11.0 Å².